The molecule has 0 spiro atoms. The lowest BCUT2D eigenvalue weighted by Gasteiger charge is -2.11. The van der Waals surface area contributed by atoms with Gasteiger partial charge in [-0.3, -0.25) is 0 Å². The van der Waals surface area contributed by atoms with Crippen LogP contribution in [0.3, 0.4) is 0 Å². The molecule has 0 aliphatic rings. The quantitative estimate of drug-likeness (QED) is 0.795. The third-order valence-corrected chi connectivity index (χ3v) is 3.88. The zero-order valence-electron chi connectivity index (χ0n) is 9.78. The number of aromatic nitrogens is 4. The van der Waals surface area contributed by atoms with Gasteiger partial charge >= 0.3 is 0 Å². The highest BCUT2D eigenvalue weighted by Gasteiger charge is 2.14. The zero-order chi connectivity index (χ0) is 12.6. The van der Waals surface area contributed by atoms with E-state index in [-0.39, 0.29) is 0 Å². The van der Waals surface area contributed by atoms with Crippen LogP contribution in [0.4, 0.5) is 0 Å². The van der Waals surface area contributed by atoms with Crippen molar-refractivity contribution >= 4 is 27.5 Å². The van der Waals surface area contributed by atoms with Crippen molar-refractivity contribution in [2.24, 2.45) is 0 Å². The Morgan fingerprint density at radius 3 is 2.65 bits per heavy atom. The molecule has 0 aliphatic carbocycles. The van der Waals surface area contributed by atoms with Crippen LogP contribution in [0.25, 0.3) is 11.5 Å². The highest BCUT2D eigenvalue weighted by atomic mass is 79.9. The first-order valence-corrected chi connectivity index (χ1v) is 6.39. The van der Waals surface area contributed by atoms with Crippen LogP contribution < -0.4 is 0 Å². The van der Waals surface area contributed by atoms with Crippen LogP contribution in [0.15, 0.2) is 17.0 Å². The molecule has 0 aromatic carbocycles. The number of hydrogen-bond acceptors (Lipinski definition) is 3. The molecule has 0 saturated carbocycles. The molecule has 0 unspecified atom stereocenters. The number of hydrogen-bond donors (Lipinski definition) is 0. The molecule has 0 atom stereocenters. The van der Waals surface area contributed by atoms with Crippen LogP contribution in [-0.4, -0.2) is 19.5 Å². The van der Waals surface area contributed by atoms with E-state index in [0.717, 1.165) is 15.9 Å². The predicted molar refractivity (Wildman–Crippen MR) is 71.1 cm³/mol. The second kappa shape index (κ2) is 4.74. The summed E-state index contributed by atoms with van der Waals surface area (Å²) in [5, 5.41) is 0.420. The molecule has 0 radical (unpaired) electrons. The van der Waals surface area contributed by atoms with E-state index < -0.39 is 0 Å². The Kier molecular flexibility index (Phi) is 3.49. The van der Waals surface area contributed by atoms with Crippen molar-refractivity contribution in [3.63, 3.8) is 0 Å². The van der Waals surface area contributed by atoms with Gasteiger partial charge in [0.25, 0.3) is 0 Å². The van der Waals surface area contributed by atoms with Crippen molar-refractivity contribution in [3.05, 3.63) is 27.8 Å². The Labute approximate surface area is 113 Å². The van der Waals surface area contributed by atoms with Gasteiger partial charge in [0.2, 0.25) is 0 Å². The molecule has 6 heteroatoms. The van der Waals surface area contributed by atoms with E-state index in [0.29, 0.717) is 17.0 Å². The van der Waals surface area contributed by atoms with Crippen molar-refractivity contribution in [1.82, 2.24) is 19.5 Å². The topological polar surface area (TPSA) is 43.6 Å². The minimum atomic E-state index is 0.304. The average Bonchev–Trinajstić information content (AvgIpc) is 2.74. The largest absolute Gasteiger partial charge is 0.325 e. The summed E-state index contributed by atoms with van der Waals surface area (Å²) in [5.74, 6) is 0.599. The molecule has 0 amide bonds. The van der Waals surface area contributed by atoms with Gasteiger partial charge in [0.1, 0.15) is 10.8 Å². The van der Waals surface area contributed by atoms with Crippen molar-refractivity contribution in [1.29, 1.82) is 0 Å². The van der Waals surface area contributed by atoms with Crippen molar-refractivity contribution in [2.75, 3.05) is 0 Å². The van der Waals surface area contributed by atoms with E-state index in [1.807, 2.05) is 11.5 Å². The monoisotopic (exact) mass is 314 g/mol. The minimum absolute atomic E-state index is 0.304. The summed E-state index contributed by atoms with van der Waals surface area (Å²) in [6.45, 7) is 6.05. The van der Waals surface area contributed by atoms with Crippen LogP contribution in [-0.2, 0) is 0 Å². The number of imidazole rings is 1. The van der Waals surface area contributed by atoms with Gasteiger partial charge in [0.15, 0.2) is 5.82 Å². The fraction of sp³-hybridized carbons (Fsp3) is 0.364. The average molecular weight is 316 g/mol. The summed E-state index contributed by atoms with van der Waals surface area (Å²) < 4.78 is 2.75. The highest BCUT2D eigenvalue weighted by molar-refractivity contribution is 9.10. The smallest absolute Gasteiger partial charge is 0.179 e. The summed E-state index contributed by atoms with van der Waals surface area (Å²) >= 11 is 9.38. The Morgan fingerprint density at radius 1 is 1.35 bits per heavy atom. The third kappa shape index (κ3) is 2.35. The molecule has 0 bridgehead atoms. The van der Waals surface area contributed by atoms with E-state index in [9.17, 15) is 0 Å². The van der Waals surface area contributed by atoms with E-state index in [2.05, 4.69) is 44.7 Å². The molecule has 2 aromatic rings. The Morgan fingerprint density at radius 2 is 2.06 bits per heavy atom. The molecule has 0 N–H and O–H groups in total. The number of halogens is 2. The molecule has 4 nitrogen and oxygen atoms in total. The lowest BCUT2D eigenvalue weighted by atomic mass is 10.3. The molecule has 2 rings (SSSR count). The molecular formula is C11H12BrClN4. The first-order valence-electron chi connectivity index (χ1n) is 5.22. The minimum Gasteiger partial charge on any atom is -0.325 e. The van der Waals surface area contributed by atoms with Crippen LogP contribution in [0.5, 0.6) is 0 Å². The summed E-state index contributed by atoms with van der Waals surface area (Å²) in [6, 6.07) is 0.304. The van der Waals surface area contributed by atoms with Gasteiger partial charge in [-0.2, -0.15) is 0 Å². The van der Waals surface area contributed by atoms with Gasteiger partial charge in [-0.25, -0.2) is 15.0 Å². The molecule has 0 fully saturated rings. The Balaban J connectivity index is 2.57. The highest BCUT2D eigenvalue weighted by Crippen LogP contribution is 2.27. The van der Waals surface area contributed by atoms with Gasteiger partial charge in [0, 0.05) is 6.04 Å². The lowest BCUT2D eigenvalue weighted by Crippen LogP contribution is -2.04. The lowest BCUT2D eigenvalue weighted by molar-refractivity contribution is 0.603. The van der Waals surface area contributed by atoms with Crippen LogP contribution in [0.1, 0.15) is 25.6 Å². The van der Waals surface area contributed by atoms with Gasteiger partial charge in [-0.1, -0.05) is 11.6 Å². The zero-order valence-corrected chi connectivity index (χ0v) is 12.1. The molecule has 0 aliphatic heterocycles. The fourth-order valence-electron chi connectivity index (χ4n) is 1.53. The van der Waals surface area contributed by atoms with Crippen molar-refractivity contribution < 1.29 is 0 Å². The second-order valence-corrected chi connectivity index (χ2v) is 5.17. The summed E-state index contributed by atoms with van der Waals surface area (Å²) in [7, 11) is 0. The molecule has 2 aromatic heterocycles. The maximum Gasteiger partial charge on any atom is 0.179 e. The first-order chi connectivity index (χ1) is 8.00. The van der Waals surface area contributed by atoms with E-state index >= 15 is 0 Å². The van der Waals surface area contributed by atoms with Gasteiger partial charge in [0.05, 0.1) is 22.7 Å². The van der Waals surface area contributed by atoms with E-state index in [1.54, 1.807) is 12.5 Å². The number of aryl methyl sites for hydroxylation is 1. The van der Waals surface area contributed by atoms with Gasteiger partial charge in [-0.15, -0.1) is 0 Å². The van der Waals surface area contributed by atoms with E-state index in [4.69, 9.17) is 11.6 Å². The van der Waals surface area contributed by atoms with Crippen LogP contribution in [0.2, 0.25) is 5.15 Å². The molecule has 17 heavy (non-hydrogen) atoms. The molecule has 2 heterocycles. The number of nitrogens with zero attached hydrogens (tertiary/aromatic N) is 4. The normalized spacial score (nSPS) is 11.2. The second-order valence-electron chi connectivity index (χ2n) is 4.02. The van der Waals surface area contributed by atoms with Gasteiger partial charge in [-0.05, 0) is 36.7 Å². The van der Waals surface area contributed by atoms with E-state index in [1.165, 1.54) is 0 Å². The van der Waals surface area contributed by atoms with Crippen molar-refractivity contribution in [2.45, 2.75) is 26.8 Å². The molecular weight excluding hydrogens is 304 g/mol. The fourth-order valence-corrected chi connectivity index (χ4v) is 1.92. The Bertz CT molecular complexity index is 527. The maximum atomic E-state index is 6.04. The van der Waals surface area contributed by atoms with Crippen LogP contribution >= 0.6 is 27.5 Å². The predicted octanol–water partition coefficient (Wildman–Crippen LogP) is 3.65. The molecule has 0 saturated heterocycles. The van der Waals surface area contributed by atoms with Crippen molar-refractivity contribution in [3.8, 4) is 11.5 Å². The summed E-state index contributed by atoms with van der Waals surface area (Å²) in [4.78, 5) is 12.8. The first kappa shape index (κ1) is 12.5. The summed E-state index contributed by atoms with van der Waals surface area (Å²) in [6.07, 6.45) is 3.52. The Hall–Kier alpha value is -0.940. The third-order valence-electron chi connectivity index (χ3n) is 2.43. The van der Waals surface area contributed by atoms with Crippen LogP contribution in [0, 0.1) is 6.92 Å². The maximum absolute atomic E-state index is 6.04. The number of rotatable bonds is 2. The SMILES string of the molecule is Cc1nc(-c2cncn2C(C)C)nc(Cl)c1Br. The van der Waals surface area contributed by atoms with Gasteiger partial charge < -0.3 is 4.57 Å². The molecule has 90 valence electrons. The standard InChI is InChI=1S/C11H12BrClN4/c1-6(2)17-5-14-4-8(17)11-15-7(3)9(12)10(13)16-11/h4-6H,1-3H3. The summed E-state index contributed by atoms with van der Waals surface area (Å²) in [5.41, 5.74) is 1.69.